The predicted molar refractivity (Wildman–Crippen MR) is 77.2 cm³/mol. The van der Waals surface area contributed by atoms with Crippen molar-refractivity contribution in [3.63, 3.8) is 0 Å². The van der Waals surface area contributed by atoms with E-state index >= 15 is 0 Å². The topological polar surface area (TPSA) is 25.8 Å². The lowest BCUT2D eigenvalue weighted by atomic mass is 10.1. The molecule has 0 amide bonds. The van der Waals surface area contributed by atoms with Crippen LogP contribution in [0.1, 0.15) is 43.7 Å². The van der Waals surface area contributed by atoms with Crippen LogP contribution >= 0.6 is 0 Å². The zero-order valence-electron chi connectivity index (χ0n) is 12.2. The van der Waals surface area contributed by atoms with Gasteiger partial charge in [0.25, 0.3) is 0 Å². The maximum absolute atomic E-state index is 5.76. The molecule has 0 heterocycles. The molecule has 1 aromatic rings. The van der Waals surface area contributed by atoms with Crippen molar-refractivity contribution in [1.82, 2.24) is 0 Å². The number of hydrogen-bond donors (Lipinski definition) is 1. The predicted octanol–water partition coefficient (Wildman–Crippen LogP) is 2.83. The van der Waals surface area contributed by atoms with Gasteiger partial charge in [-0.05, 0) is 56.4 Å². The van der Waals surface area contributed by atoms with Crippen LogP contribution in [0.25, 0.3) is 0 Å². The molecular weight excluding hydrogens is 222 g/mol. The van der Waals surface area contributed by atoms with Gasteiger partial charge >= 0.3 is 0 Å². The molecule has 0 unspecified atom stereocenters. The highest BCUT2D eigenvalue weighted by molar-refractivity contribution is 5.33. The lowest BCUT2D eigenvalue weighted by molar-refractivity contribution is -0.655. The summed E-state index contributed by atoms with van der Waals surface area (Å²) < 4.78 is 5.76. The minimum absolute atomic E-state index is 0.837. The first kappa shape index (κ1) is 15.0. The van der Waals surface area contributed by atoms with Crippen molar-refractivity contribution in [3.8, 4) is 5.75 Å². The van der Waals surface area contributed by atoms with Gasteiger partial charge < -0.3 is 10.1 Å². The van der Waals surface area contributed by atoms with Gasteiger partial charge in [0.1, 0.15) is 5.75 Å². The van der Waals surface area contributed by atoms with E-state index in [9.17, 15) is 0 Å². The molecule has 0 radical (unpaired) electrons. The number of unbranched alkanes of at least 4 members (excludes halogenated alkanes) is 2. The molecule has 0 saturated heterocycles. The monoisotopic (exact) mass is 250 g/mol. The van der Waals surface area contributed by atoms with Crippen LogP contribution in [-0.2, 0) is 0 Å². The van der Waals surface area contributed by atoms with Gasteiger partial charge in [-0.2, -0.15) is 0 Å². The molecule has 0 aliphatic heterocycles. The van der Waals surface area contributed by atoms with Crippen molar-refractivity contribution >= 4 is 0 Å². The average molecular weight is 250 g/mol. The fourth-order valence-corrected chi connectivity index (χ4v) is 1.88. The minimum atomic E-state index is 0.837. The Balaban J connectivity index is 2.05. The van der Waals surface area contributed by atoms with Gasteiger partial charge in [-0.1, -0.05) is 19.4 Å². The molecule has 0 fully saturated rings. The van der Waals surface area contributed by atoms with Gasteiger partial charge in [0.2, 0.25) is 0 Å². The highest BCUT2D eigenvalue weighted by Gasteiger charge is 1.97. The van der Waals surface area contributed by atoms with E-state index < -0.39 is 0 Å². The molecule has 0 atom stereocenters. The molecule has 102 valence electrons. The Morgan fingerprint density at radius 3 is 2.50 bits per heavy atom. The van der Waals surface area contributed by atoms with E-state index in [1.807, 2.05) is 0 Å². The summed E-state index contributed by atoms with van der Waals surface area (Å²) in [5.74, 6) is 1.01. The lowest BCUT2D eigenvalue weighted by Crippen LogP contribution is -2.84. The van der Waals surface area contributed by atoms with E-state index in [-0.39, 0.29) is 0 Å². The smallest absolute Gasteiger partial charge is 0.119 e. The summed E-state index contributed by atoms with van der Waals surface area (Å²) in [6.45, 7) is 9.84. The Kier molecular flexibility index (Phi) is 7.51. The molecule has 2 N–H and O–H groups in total. The normalized spacial score (nSPS) is 10.6. The number of rotatable bonds is 9. The van der Waals surface area contributed by atoms with E-state index in [4.69, 9.17) is 4.74 Å². The van der Waals surface area contributed by atoms with Crippen LogP contribution in [0.5, 0.6) is 5.75 Å². The van der Waals surface area contributed by atoms with E-state index in [1.54, 1.807) is 0 Å². The van der Waals surface area contributed by atoms with Crippen molar-refractivity contribution in [3.05, 3.63) is 29.3 Å². The van der Waals surface area contributed by atoms with Crippen molar-refractivity contribution in [1.29, 1.82) is 0 Å². The minimum Gasteiger partial charge on any atom is -0.494 e. The molecule has 2 nitrogen and oxygen atoms in total. The quantitative estimate of drug-likeness (QED) is 0.670. The van der Waals surface area contributed by atoms with Crippen LogP contribution in [0, 0.1) is 13.8 Å². The van der Waals surface area contributed by atoms with Crippen LogP contribution in [-0.4, -0.2) is 19.7 Å². The molecule has 1 aromatic carbocycles. The number of benzene rings is 1. The van der Waals surface area contributed by atoms with Gasteiger partial charge in [0.15, 0.2) is 0 Å². The van der Waals surface area contributed by atoms with Crippen molar-refractivity contribution in [2.24, 2.45) is 0 Å². The van der Waals surface area contributed by atoms with E-state index in [2.05, 4.69) is 44.3 Å². The van der Waals surface area contributed by atoms with Crippen LogP contribution in [0.2, 0.25) is 0 Å². The molecule has 2 heteroatoms. The maximum atomic E-state index is 5.76. The van der Waals surface area contributed by atoms with Crippen LogP contribution in [0.15, 0.2) is 18.2 Å². The lowest BCUT2D eigenvalue weighted by Gasteiger charge is -2.08. The summed E-state index contributed by atoms with van der Waals surface area (Å²) in [4.78, 5) is 0. The second-order valence-corrected chi connectivity index (χ2v) is 5.02. The Morgan fingerprint density at radius 1 is 1.00 bits per heavy atom. The van der Waals surface area contributed by atoms with Gasteiger partial charge in [0, 0.05) is 0 Å². The molecule has 0 saturated carbocycles. The Morgan fingerprint density at radius 2 is 1.78 bits per heavy atom. The maximum Gasteiger partial charge on any atom is 0.119 e. The molecular formula is C16H28NO+. The van der Waals surface area contributed by atoms with Gasteiger partial charge in [0.05, 0.1) is 19.7 Å². The zero-order chi connectivity index (χ0) is 13.2. The summed E-state index contributed by atoms with van der Waals surface area (Å²) in [6.07, 6.45) is 5.02. The molecule has 0 aromatic heterocycles. The Labute approximate surface area is 112 Å². The fraction of sp³-hybridized carbons (Fsp3) is 0.625. The summed E-state index contributed by atoms with van der Waals surface area (Å²) in [7, 11) is 0. The van der Waals surface area contributed by atoms with Crippen LogP contribution in [0.4, 0.5) is 0 Å². The summed E-state index contributed by atoms with van der Waals surface area (Å²) in [5.41, 5.74) is 2.63. The van der Waals surface area contributed by atoms with Gasteiger partial charge in [-0.25, -0.2) is 0 Å². The van der Waals surface area contributed by atoms with Crippen molar-refractivity contribution in [2.75, 3.05) is 19.7 Å². The summed E-state index contributed by atoms with van der Waals surface area (Å²) in [5, 5.41) is 2.42. The zero-order valence-corrected chi connectivity index (χ0v) is 12.2. The van der Waals surface area contributed by atoms with Gasteiger partial charge in [-0.15, -0.1) is 0 Å². The van der Waals surface area contributed by atoms with Gasteiger partial charge in [-0.3, -0.25) is 0 Å². The Bertz CT molecular complexity index is 336. The van der Waals surface area contributed by atoms with Crippen LogP contribution in [0.3, 0.4) is 0 Å². The molecule has 1 rings (SSSR count). The Hall–Kier alpha value is -1.02. The third-order valence-corrected chi connectivity index (χ3v) is 3.31. The van der Waals surface area contributed by atoms with Crippen molar-refractivity contribution < 1.29 is 10.1 Å². The van der Waals surface area contributed by atoms with Crippen LogP contribution < -0.4 is 10.1 Å². The molecule has 0 bridgehead atoms. The number of ether oxygens (including phenoxy) is 1. The van der Waals surface area contributed by atoms with E-state index in [0.29, 0.717) is 0 Å². The molecule has 0 spiro atoms. The first-order valence-corrected chi connectivity index (χ1v) is 7.25. The largest absolute Gasteiger partial charge is 0.494 e. The summed E-state index contributed by atoms with van der Waals surface area (Å²) >= 11 is 0. The van der Waals surface area contributed by atoms with Crippen molar-refractivity contribution in [2.45, 2.75) is 46.5 Å². The number of quaternary nitrogens is 1. The second-order valence-electron chi connectivity index (χ2n) is 5.02. The number of hydrogen-bond acceptors (Lipinski definition) is 1. The SMILES string of the molecule is CCCC[NH2+]CCCCOc1ccc(C)c(C)c1. The standard InChI is InChI=1S/C16H27NO/c1-4-5-10-17-11-6-7-12-18-16-9-8-14(2)15(3)13-16/h8-9,13,17H,4-7,10-12H2,1-3H3/p+1. The number of aryl methyl sites for hydroxylation is 2. The molecule has 0 aliphatic rings. The van der Waals surface area contributed by atoms with E-state index in [1.165, 1.54) is 43.5 Å². The van der Waals surface area contributed by atoms with E-state index in [0.717, 1.165) is 18.8 Å². The third kappa shape index (κ3) is 6.06. The highest BCUT2D eigenvalue weighted by Crippen LogP contribution is 2.16. The first-order valence-electron chi connectivity index (χ1n) is 7.25. The summed E-state index contributed by atoms with van der Waals surface area (Å²) in [6, 6.07) is 6.32. The molecule has 0 aliphatic carbocycles. The third-order valence-electron chi connectivity index (χ3n) is 3.31. The molecule has 18 heavy (non-hydrogen) atoms. The first-order chi connectivity index (χ1) is 8.74. The highest BCUT2D eigenvalue weighted by atomic mass is 16.5. The fourth-order valence-electron chi connectivity index (χ4n) is 1.88. The number of nitrogens with two attached hydrogens (primary N) is 1. The average Bonchev–Trinajstić information content (AvgIpc) is 2.37. The second kappa shape index (κ2) is 8.98.